The Morgan fingerprint density at radius 2 is 2.00 bits per heavy atom. The van der Waals surface area contributed by atoms with Crippen molar-refractivity contribution in [3.05, 3.63) is 0 Å². The van der Waals surface area contributed by atoms with Gasteiger partial charge in [0.2, 0.25) is 0 Å². The van der Waals surface area contributed by atoms with Crippen molar-refractivity contribution in [3.8, 4) is 0 Å². The molecule has 1 aliphatic heterocycles. The van der Waals surface area contributed by atoms with E-state index < -0.39 is 31.2 Å². The zero-order valence-electron chi connectivity index (χ0n) is 5.44. The van der Waals surface area contributed by atoms with Gasteiger partial charge in [0.15, 0.2) is 9.84 Å². The van der Waals surface area contributed by atoms with Gasteiger partial charge >= 0.3 is 0 Å². The van der Waals surface area contributed by atoms with Gasteiger partial charge in [-0.05, 0) is 10.7 Å². The molecule has 66 valence electrons. The SMILES string of the molecule is O=S(Cl)C1CS(=O)(=O)CC1O. The molecule has 0 aliphatic carbocycles. The van der Waals surface area contributed by atoms with Crippen LogP contribution in [0.2, 0.25) is 0 Å². The Hall–Kier alpha value is 0.350. The number of aliphatic hydroxyl groups is 1. The number of hydrogen-bond acceptors (Lipinski definition) is 4. The highest BCUT2D eigenvalue weighted by molar-refractivity contribution is 8.09. The predicted molar refractivity (Wildman–Crippen MR) is 42.4 cm³/mol. The zero-order chi connectivity index (χ0) is 8.65. The van der Waals surface area contributed by atoms with Crippen molar-refractivity contribution in [3.63, 3.8) is 0 Å². The fourth-order valence-corrected chi connectivity index (χ4v) is 4.92. The quantitative estimate of drug-likeness (QED) is 0.576. The second-order valence-electron chi connectivity index (χ2n) is 2.43. The van der Waals surface area contributed by atoms with Crippen LogP contribution >= 0.6 is 10.7 Å². The Bertz CT molecular complexity index is 272. The lowest BCUT2D eigenvalue weighted by atomic mass is 10.3. The first-order valence-electron chi connectivity index (χ1n) is 2.88. The molecule has 1 N–H and O–H groups in total. The van der Waals surface area contributed by atoms with Crippen molar-refractivity contribution in [1.82, 2.24) is 0 Å². The molecule has 1 aliphatic rings. The van der Waals surface area contributed by atoms with Gasteiger partial charge in [-0.3, -0.25) is 0 Å². The molecule has 0 aromatic heterocycles. The monoisotopic (exact) mass is 218 g/mol. The number of hydrogen-bond donors (Lipinski definition) is 1. The van der Waals surface area contributed by atoms with E-state index in [-0.39, 0.29) is 11.5 Å². The summed E-state index contributed by atoms with van der Waals surface area (Å²) in [6, 6.07) is 0. The molecule has 3 atom stereocenters. The van der Waals surface area contributed by atoms with Gasteiger partial charge in [-0.25, -0.2) is 12.6 Å². The average molecular weight is 219 g/mol. The summed E-state index contributed by atoms with van der Waals surface area (Å²) in [5.74, 6) is -0.597. The minimum absolute atomic E-state index is 0.274. The summed E-state index contributed by atoms with van der Waals surface area (Å²) in [5, 5.41) is 8.22. The van der Waals surface area contributed by atoms with Crippen molar-refractivity contribution < 1.29 is 17.7 Å². The molecule has 1 fully saturated rings. The molecule has 0 saturated carbocycles. The third-order valence-electron chi connectivity index (χ3n) is 1.51. The molecule has 7 heteroatoms. The second kappa shape index (κ2) is 3.01. The topological polar surface area (TPSA) is 71.4 Å². The second-order valence-corrected chi connectivity index (χ2v) is 6.60. The normalized spacial score (nSPS) is 38.7. The van der Waals surface area contributed by atoms with Crippen molar-refractivity contribution >= 4 is 30.5 Å². The summed E-state index contributed by atoms with van der Waals surface area (Å²) in [7, 11) is 0.162. The molecule has 0 aromatic carbocycles. The van der Waals surface area contributed by atoms with Crippen LogP contribution in [-0.2, 0) is 19.9 Å². The van der Waals surface area contributed by atoms with E-state index in [1.165, 1.54) is 0 Å². The summed E-state index contributed by atoms with van der Waals surface area (Å²) in [5.41, 5.74) is 0. The van der Waals surface area contributed by atoms with Gasteiger partial charge < -0.3 is 5.11 Å². The maximum atomic E-state index is 10.8. The highest BCUT2D eigenvalue weighted by Crippen LogP contribution is 2.19. The molecule has 0 bridgehead atoms. The number of aliphatic hydroxyl groups excluding tert-OH is 1. The zero-order valence-corrected chi connectivity index (χ0v) is 7.82. The molecule has 4 nitrogen and oxygen atoms in total. The van der Waals surface area contributed by atoms with Gasteiger partial charge in [-0.2, -0.15) is 0 Å². The maximum absolute atomic E-state index is 10.8. The van der Waals surface area contributed by atoms with Crippen molar-refractivity contribution in [2.45, 2.75) is 11.4 Å². The van der Waals surface area contributed by atoms with E-state index in [0.29, 0.717) is 0 Å². The molecule has 3 unspecified atom stereocenters. The molecule has 0 radical (unpaired) electrons. The first kappa shape index (κ1) is 9.44. The molecule has 1 saturated heterocycles. The minimum Gasteiger partial charge on any atom is -0.391 e. The highest BCUT2D eigenvalue weighted by Gasteiger charge is 2.39. The predicted octanol–water partition coefficient (Wildman–Crippen LogP) is -0.953. The lowest BCUT2D eigenvalue weighted by Crippen LogP contribution is -2.25. The maximum Gasteiger partial charge on any atom is 0.154 e. The Balaban J connectivity index is 2.83. The number of rotatable bonds is 1. The highest BCUT2D eigenvalue weighted by atomic mass is 35.7. The third kappa shape index (κ3) is 2.14. The smallest absolute Gasteiger partial charge is 0.154 e. The lowest BCUT2D eigenvalue weighted by Gasteiger charge is -2.04. The Morgan fingerprint density at radius 1 is 1.45 bits per heavy atom. The molecule has 11 heavy (non-hydrogen) atoms. The average Bonchev–Trinajstić information content (AvgIpc) is 2.05. The van der Waals surface area contributed by atoms with E-state index in [9.17, 15) is 12.6 Å². The van der Waals surface area contributed by atoms with Crippen molar-refractivity contribution in [1.29, 1.82) is 0 Å². The van der Waals surface area contributed by atoms with Crippen LogP contribution in [0.5, 0.6) is 0 Å². The van der Waals surface area contributed by atoms with Gasteiger partial charge in [0.1, 0.15) is 10.0 Å². The Kier molecular flexibility index (Phi) is 2.58. The Labute approximate surface area is 71.4 Å². The van der Waals surface area contributed by atoms with Crippen LogP contribution in [0, 0.1) is 0 Å². The fourth-order valence-electron chi connectivity index (χ4n) is 0.974. The van der Waals surface area contributed by atoms with Crippen LogP contribution in [0.1, 0.15) is 0 Å². The van der Waals surface area contributed by atoms with E-state index >= 15 is 0 Å². The van der Waals surface area contributed by atoms with Crippen LogP contribution in [0.3, 0.4) is 0 Å². The van der Waals surface area contributed by atoms with Crippen LogP contribution in [0.15, 0.2) is 0 Å². The van der Waals surface area contributed by atoms with Gasteiger partial charge in [-0.15, -0.1) is 0 Å². The first-order chi connectivity index (χ1) is 4.92. The van der Waals surface area contributed by atoms with Gasteiger partial charge in [0.25, 0.3) is 0 Å². The molecule has 0 amide bonds. The number of sulfone groups is 1. The summed E-state index contributed by atoms with van der Waals surface area (Å²) in [6.07, 6.45) is -1.07. The van der Waals surface area contributed by atoms with Gasteiger partial charge in [-0.1, -0.05) is 0 Å². The summed E-state index contributed by atoms with van der Waals surface area (Å²) < 4.78 is 32.2. The number of halogens is 1. The van der Waals surface area contributed by atoms with E-state index in [1.54, 1.807) is 0 Å². The van der Waals surface area contributed by atoms with E-state index in [1.807, 2.05) is 0 Å². The van der Waals surface area contributed by atoms with Gasteiger partial charge in [0, 0.05) is 0 Å². The molecular weight excluding hydrogens is 212 g/mol. The summed E-state index contributed by atoms with van der Waals surface area (Å²) >= 11 is 0. The third-order valence-corrected chi connectivity index (χ3v) is 5.08. The lowest BCUT2D eigenvalue weighted by molar-refractivity contribution is 0.206. The largest absolute Gasteiger partial charge is 0.391 e. The standard InChI is InChI=1S/C4H7ClO4S2/c5-10(7)4-2-11(8,9)1-3(4)6/h3-4,6H,1-2H2. The summed E-state index contributed by atoms with van der Waals surface area (Å²) in [6.45, 7) is 0. The summed E-state index contributed by atoms with van der Waals surface area (Å²) in [4.78, 5) is 0. The Morgan fingerprint density at radius 3 is 2.18 bits per heavy atom. The van der Waals surface area contributed by atoms with Crippen molar-refractivity contribution in [2.75, 3.05) is 11.5 Å². The molecule has 0 aromatic rings. The van der Waals surface area contributed by atoms with Crippen LogP contribution in [-0.4, -0.2) is 40.6 Å². The molecular formula is C4H7ClO4S2. The van der Waals surface area contributed by atoms with E-state index in [4.69, 9.17) is 15.8 Å². The first-order valence-corrected chi connectivity index (χ1v) is 6.74. The van der Waals surface area contributed by atoms with Crippen LogP contribution in [0.25, 0.3) is 0 Å². The minimum atomic E-state index is -3.22. The fraction of sp³-hybridized carbons (Fsp3) is 1.00. The molecule has 1 rings (SSSR count). The molecule has 0 spiro atoms. The van der Waals surface area contributed by atoms with E-state index in [2.05, 4.69) is 0 Å². The van der Waals surface area contributed by atoms with Gasteiger partial charge in [0.05, 0.1) is 22.9 Å². The molecule has 1 heterocycles. The van der Waals surface area contributed by atoms with E-state index in [0.717, 1.165) is 0 Å². The van der Waals surface area contributed by atoms with Crippen molar-refractivity contribution in [2.24, 2.45) is 0 Å². The van der Waals surface area contributed by atoms with Crippen LogP contribution in [0.4, 0.5) is 0 Å². The van der Waals surface area contributed by atoms with Crippen LogP contribution < -0.4 is 0 Å².